The minimum Gasteiger partial charge on any atom is -0.352 e. The average Bonchev–Trinajstić information content (AvgIpc) is 2.68. The van der Waals surface area contributed by atoms with Gasteiger partial charge in [0.2, 0.25) is 0 Å². The van der Waals surface area contributed by atoms with Gasteiger partial charge in [-0.3, -0.25) is 9.98 Å². The van der Waals surface area contributed by atoms with Gasteiger partial charge in [-0.25, -0.2) is 4.39 Å². The van der Waals surface area contributed by atoms with E-state index < -0.39 is 17.6 Å². The minimum atomic E-state index is -4.63. The Morgan fingerprint density at radius 3 is 2.43 bits per heavy atom. The van der Waals surface area contributed by atoms with Crippen molar-refractivity contribution in [1.82, 2.24) is 15.6 Å². The van der Waals surface area contributed by atoms with Gasteiger partial charge in [-0.1, -0.05) is 30.3 Å². The van der Waals surface area contributed by atoms with Crippen LogP contribution in [0.25, 0.3) is 10.9 Å². The van der Waals surface area contributed by atoms with E-state index >= 15 is 0 Å². The molecule has 0 bridgehead atoms. The van der Waals surface area contributed by atoms with E-state index in [2.05, 4.69) is 20.6 Å². The minimum absolute atomic E-state index is 0.0660. The van der Waals surface area contributed by atoms with Crippen LogP contribution < -0.4 is 10.6 Å². The lowest BCUT2D eigenvalue weighted by Crippen LogP contribution is -2.36. The van der Waals surface area contributed by atoms with Gasteiger partial charge in [0.05, 0.1) is 11.1 Å². The summed E-state index contributed by atoms with van der Waals surface area (Å²) in [6.45, 7) is 0.242. The summed E-state index contributed by atoms with van der Waals surface area (Å²) in [5.41, 5.74) is 0.696. The van der Waals surface area contributed by atoms with E-state index in [9.17, 15) is 17.6 Å². The number of alkyl halides is 3. The number of para-hydroxylation sites is 1. The van der Waals surface area contributed by atoms with Crippen LogP contribution in [0.15, 0.2) is 59.7 Å². The Labute approximate surface area is 159 Å². The topological polar surface area (TPSA) is 49.3 Å². The lowest BCUT2D eigenvalue weighted by molar-refractivity contribution is -0.138. The number of benzene rings is 2. The third-order valence-corrected chi connectivity index (χ3v) is 4.21. The van der Waals surface area contributed by atoms with Crippen LogP contribution in [-0.4, -0.2) is 18.0 Å². The molecule has 146 valence electrons. The van der Waals surface area contributed by atoms with E-state index in [4.69, 9.17) is 0 Å². The van der Waals surface area contributed by atoms with Crippen molar-refractivity contribution in [3.63, 3.8) is 0 Å². The van der Waals surface area contributed by atoms with Gasteiger partial charge >= 0.3 is 6.18 Å². The number of pyridine rings is 1. The second-order valence-electron chi connectivity index (χ2n) is 6.07. The van der Waals surface area contributed by atoms with Crippen LogP contribution in [0.2, 0.25) is 0 Å². The smallest absolute Gasteiger partial charge is 0.352 e. The molecule has 0 radical (unpaired) electrons. The molecular formula is C20H18F4N4. The van der Waals surface area contributed by atoms with E-state index in [0.29, 0.717) is 18.6 Å². The standard InChI is InChI=1S/C20H18F4N4/c1-25-19(27-11-14-7-8-16(21)10-17(14)20(22,23)24)28-12-15-5-2-4-13-6-3-9-26-18(13)15/h2-10H,11-12H2,1H3,(H2,25,27,28). The zero-order valence-electron chi connectivity index (χ0n) is 15.0. The van der Waals surface area contributed by atoms with Crippen LogP contribution in [0.1, 0.15) is 16.7 Å². The summed E-state index contributed by atoms with van der Waals surface area (Å²) in [7, 11) is 1.52. The van der Waals surface area contributed by atoms with Gasteiger partial charge < -0.3 is 10.6 Å². The summed E-state index contributed by atoms with van der Waals surface area (Å²) in [6, 6.07) is 12.2. The lowest BCUT2D eigenvalue weighted by atomic mass is 10.1. The van der Waals surface area contributed by atoms with E-state index in [1.54, 1.807) is 6.20 Å². The molecule has 1 aromatic heterocycles. The fourth-order valence-corrected chi connectivity index (χ4v) is 2.86. The zero-order chi connectivity index (χ0) is 20.1. The molecule has 0 aliphatic heterocycles. The molecule has 0 fully saturated rings. The van der Waals surface area contributed by atoms with Crippen molar-refractivity contribution in [2.24, 2.45) is 4.99 Å². The van der Waals surface area contributed by atoms with Crippen molar-refractivity contribution in [2.45, 2.75) is 19.3 Å². The summed E-state index contributed by atoms with van der Waals surface area (Å²) in [6.07, 6.45) is -2.93. The highest BCUT2D eigenvalue weighted by atomic mass is 19.4. The third kappa shape index (κ3) is 4.57. The summed E-state index contributed by atoms with van der Waals surface area (Å²) < 4.78 is 52.5. The molecule has 8 heteroatoms. The number of aliphatic imine (C=N–C) groups is 1. The van der Waals surface area contributed by atoms with Crippen molar-refractivity contribution in [1.29, 1.82) is 0 Å². The van der Waals surface area contributed by atoms with Gasteiger partial charge in [-0.2, -0.15) is 13.2 Å². The van der Waals surface area contributed by atoms with E-state index in [0.717, 1.165) is 28.6 Å². The second kappa shape index (κ2) is 8.24. The molecule has 28 heavy (non-hydrogen) atoms. The Bertz CT molecular complexity index is 994. The zero-order valence-corrected chi connectivity index (χ0v) is 15.0. The van der Waals surface area contributed by atoms with Crippen LogP contribution in [0.5, 0.6) is 0 Å². The van der Waals surface area contributed by atoms with Crippen molar-refractivity contribution in [2.75, 3.05) is 7.05 Å². The Kier molecular flexibility index (Phi) is 5.77. The predicted molar refractivity (Wildman–Crippen MR) is 100 cm³/mol. The molecule has 0 aliphatic rings. The molecular weight excluding hydrogens is 372 g/mol. The number of fused-ring (bicyclic) bond motifs is 1. The highest BCUT2D eigenvalue weighted by Gasteiger charge is 2.33. The number of hydrogen-bond donors (Lipinski definition) is 2. The fourth-order valence-electron chi connectivity index (χ4n) is 2.86. The molecule has 0 aliphatic carbocycles. The first-order chi connectivity index (χ1) is 13.4. The summed E-state index contributed by atoms with van der Waals surface area (Å²) in [4.78, 5) is 8.39. The number of aromatic nitrogens is 1. The van der Waals surface area contributed by atoms with E-state index in [1.165, 1.54) is 7.05 Å². The fraction of sp³-hybridized carbons (Fsp3) is 0.200. The van der Waals surface area contributed by atoms with Gasteiger partial charge in [-0.15, -0.1) is 0 Å². The lowest BCUT2D eigenvalue weighted by Gasteiger charge is -2.16. The van der Waals surface area contributed by atoms with E-state index in [1.807, 2.05) is 30.3 Å². The molecule has 3 rings (SSSR count). The van der Waals surface area contributed by atoms with Crippen molar-refractivity contribution >= 4 is 16.9 Å². The SMILES string of the molecule is CN=C(NCc1ccc(F)cc1C(F)(F)F)NCc1cccc2cccnc12. The molecule has 2 N–H and O–H groups in total. The van der Waals surface area contributed by atoms with Crippen molar-refractivity contribution in [3.8, 4) is 0 Å². The number of hydrogen-bond acceptors (Lipinski definition) is 2. The number of guanidine groups is 1. The molecule has 0 amide bonds. The maximum absolute atomic E-state index is 13.2. The normalized spacial score (nSPS) is 12.2. The number of halogens is 4. The molecule has 0 atom stereocenters. The van der Waals surface area contributed by atoms with Crippen LogP contribution in [0.4, 0.5) is 17.6 Å². The van der Waals surface area contributed by atoms with Gasteiger partial charge in [0.25, 0.3) is 0 Å². The number of nitrogens with zero attached hydrogens (tertiary/aromatic N) is 2. The molecule has 0 saturated carbocycles. The van der Waals surface area contributed by atoms with Crippen LogP contribution in [0, 0.1) is 5.82 Å². The maximum atomic E-state index is 13.2. The maximum Gasteiger partial charge on any atom is 0.416 e. The highest BCUT2D eigenvalue weighted by Crippen LogP contribution is 2.32. The Hall–Kier alpha value is -3.16. The average molecular weight is 390 g/mol. The summed E-state index contributed by atoms with van der Waals surface area (Å²) >= 11 is 0. The molecule has 1 heterocycles. The van der Waals surface area contributed by atoms with Crippen molar-refractivity contribution < 1.29 is 17.6 Å². The highest BCUT2D eigenvalue weighted by molar-refractivity contribution is 5.83. The quantitative estimate of drug-likeness (QED) is 0.398. The van der Waals surface area contributed by atoms with Gasteiger partial charge in [-0.05, 0) is 29.3 Å². The molecule has 0 unspecified atom stereocenters. The Morgan fingerprint density at radius 1 is 1.00 bits per heavy atom. The largest absolute Gasteiger partial charge is 0.416 e. The van der Waals surface area contributed by atoms with Crippen LogP contribution in [0.3, 0.4) is 0 Å². The Balaban J connectivity index is 1.69. The first kappa shape index (κ1) is 19.6. The molecule has 2 aromatic carbocycles. The van der Waals surface area contributed by atoms with Crippen LogP contribution >= 0.6 is 0 Å². The Morgan fingerprint density at radius 2 is 1.71 bits per heavy atom. The summed E-state index contributed by atoms with van der Waals surface area (Å²) in [5, 5.41) is 6.88. The first-order valence-electron chi connectivity index (χ1n) is 8.51. The monoisotopic (exact) mass is 390 g/mol. The molecule has 4 nitrogen and oxygen atoms in total. The summed E-state index contributed by atoms with van der Waals surface area (Å²) in [5.74, 6) is -0.604. The molecule has 3 aromatic rings. The second-order valence-corrected chi connectivity index (χ2v) is 6.07. The third-order valence-electron chi connectivity index (χ3n) is 4.21. The molecule has 0 saturated heterocycles. The molecule has 0 spiro atoms. The van der Waals surface area contributed by atoms with Crippen LogP contribution in [-0.2, 0) is 19.3 Å². The van der Waals surface area contributed by atoms with E-state index in [-0.39, 0.29) is 12.1 Å². The van der Waals surface area contributed by atoms with Gasteiger partial charge in [0.1, 0.15) is 5.82 Å². The first-order valence-corrected chi connectivity index (χ1v) is 8.51. The number of nitrogens with one attached hydrogen (secondary N) is 2. The van der Waals surface area contributed by atoms with Gasteiger partial charge in [0, 0.05) is 31.7 Å². The predicted octanol–water partition coefficient (Wildman–Crippen LogP) is 4.26. The van der Waals surface area contributed by atoms with Crippen molar-refractivity contribution in [3.05, 3.63) is 77.2 Å². The van der Waals surface area contributed by atoms with Gasteiger partial charge in [0.15, 0.2) is 5.96 Å². The number of rotatable bonds is 4.